The van der Waals surface area contributed by atoms with E-state index in [0.717, 1.165) is 17.9 Å². The largest absolute Gasteiger partial charge is 0.280 e. The summed E-state index contributed by atoms with van der Waals surface area (Å²) in [5.74, 6) is 5.27. The molecule has 1 aliphatic rings. The molecule has 0 saturated heterocycles. The van der Waals surface area contributed by atoms with Gasteiger partial charge in [-0.3, -0.25) is 9.80 Å². The van der Waals surface area contributed by atoms with Gasteiger partial charge < -0.3 is 0 Å². The third kappa shape index (κ3) is 1.51. The molecule has 0 saturated carbocycles. The number of hydrazine groups is 1. The van der Waals surface area contributed by atoms with E-state index in [-0.39, 0.29) is 5.91 Å². The Labute approximate surface area is 83.5 Å². The first-order valence-electron chi connectivity index (χ1n) is 4.83. The van der Waals surface area contributed by atoms with Crippen LogP contribution >= 0.6 is 0 Å². The van der Waals surface area contributed by atoms with E-state index < -0.39 is 0 Å². The van der Waals surface area contributed by atoms with E-state index in [0.29, 0.717) is 5.56 Å². The van der Waals surface area contributed by atoms with E-state index in [4.69, 9.17) is 5.84 Å². The molecule has 0 heterocycles. The minimum atomic E-state index is -0.125. The predicted molar refractivity (Wildman–Crippen MR) is 54.7 cm³/mol. The molecule has 1 aliphatic carbocycles. The van der Waals surface area contributed by atoms with E-state index in [1.54, 1.807) is 7.05 Å². The zero-order valence-corrected chi connectivity index (χ0v) is 8.29. The van der Waals surface area contributed by atoms with Crippen LogP contribution in [0, 0.1) is 0 Å². The fourth-order valence-corrected chi connectivity index (χ4v) is 1.91. The molecule has 0 spiro atoms. The van der Waals surface area contributed by atoms with Gasteiger partial charge in [-0.05, 0) is 42.5 Å². The zero-order chi connectivity index (χ0) is 10.1. The minimum absolute atomic E-state index is 0.125. The molecule has 0 atom stereocenters. The predicted octanol–water partition coefficient (Wildman–Crippen LogP) is 1.12. The third-order valence-corrected chi connectivity index (χ3v) is 2.67. The fraction of sp³-hybridized carbons (Fsp3) is 0.364. The van der Waals surface area contributed by atoms with Gasteiger partial charge in [-0.1, -0.05) is 6.07 Å². The van der Waals surface area contributed by atoms with Crippen LogP contribution in [0.3, 0.4) is 0 Å². The summed E-state index contributed by atoms with van der Waals surface area (Å²) in [6, 6.07) is 5.86. The summed E-state index contributed by atoms with van der Waals surface area (Å²) < 4.78 is 0. The number of benzene rings is 1. The van der Waals surface area contributed by atoms with Gasteiger partial charge >= 0.3 is 0 Å². The molecule has 1 amide bonds. The third-order valence-electron chi connectivity index (χ3n) is 2.67. The van der Waals surface area contributed by atoms with Crippen molar-refractivity contribution in [3.8, 4) is 0 Å². The van der Waals surface area contributed by atoms with Gasteiger partial charge in [0.15, 0.2) is 0 Å². The Kier molecular flexibility index (Phi) is 2.25. The van der Waals surface area contributed by atoms with E-state index in [1.807, 2.05) is 18.2 Å². The first-order chi connectivity index (χ1) is 6.68. The van der Waals surface area contributed by atoms with Crippen molar-refractivity contribution < 1.29 is 4.79 Å². The van der Waals surface area contributed by atoms with Gasteiger partial charge in [-0.2, -0.15) is 0 Å². The van der Waals surface area contributed by atoms with Gasteiger partial charge in [0.25, 0.3) is 5.91 Å². The number of hydrogen-bond acceptors (Lipinski definition) is 2. The number of fused-ring (bicyclic) bond motifs is 1. The Bertz CT molecular complexity index is 372. The van der Waals surface area contributed by atoms with Crippen molar-refractivity contribution in [1.29, 1.82) is 0 Å². The highest BCUT2D eigenvalue weighted by Crippen LogP contribution is 2.22. The maximum atomic E-state index is 11.5. The Morgan fingerprint density at radius 2 is 2.07 bits per heavy atom. The number of nitrogens with two attached hydrogens (primary N) is 1. The summed E-state index contributed by atoms with van der Waals surface area (Å²) >= 11 is 0. The van der Waals surface area contributed by atoms with Crippen molar-refractivity contribution in [3.05, 3.63) is 34.9 Å². The first-order valence-corrected chi connectivity index (χ1v) is 4.83. The Balaban J connectivity index is 2.33. The highest BCUT2D eigenvalue weighted by atomic mass is 16.2. The lowest BCUT2D eigenvalue weighted by molar-refractivity contribution is 0.0795. The van der Waals surface area contributed by atoms with Crippen molar-refractivity contribution in [2.45, 2.75) is 19.3 Å². The molecule has 0 aromatic heterocycles. The summed E-state index contributed by atoms with van der Waals surface area (Å²) in [5, 5.41) is 1.12. The highest BCUT2D eigenvalue weighted by Gasteiger charge is 2.14. The fourth-order valence-electron chi connectivity index (χ4n) is 1.91. The molecule has 1 aromatic rings. The van der Waals surface area contributed by atoms with Gasteiger partial charge in [-0.25, -0.2) is 5.84 Å². The Hall–Kier alpha value is -1.35. The molecule has 2 N–H and O–H groups in total. The van der Waals surface area contributed by atoms with Gasteiger partial charge in [0.05, 0.1) is 0 Å². The quantitative estimate of drug-likeness (QED) is 0.410. The smallest absolute Gasteiger partial charge is 0.267 e. The van der Waals surface area contributed by atoms with Crippen LogP contribution < -0.4 is 5.84 Å². The molecule has 0 radical (unpaired) electrons. The minimum Gasteiger partial charge on any atom is -0.280 e. The zero-order valence-electron chi connectivity index (χ0n) is 8.29. The topological polar surface area (TPSA) is 46.3 Å². The summed E-state index contributed by atoms with van der Waals surface area (Å²) in [6.07, 6.45) is 3.43. The van der Waals surface area contributed by atoms with Crippen LogP contribution in [0.4, 0.5) is 0 Å². The normalized spacial score (nSPS) is 13.9. The summed E-state index contributed by atoms with van der Waals surface area (Å²) in [4.78, 5) is 11.5. The summed E-state index contributed by atoms with van der Waals surface area (Å²) in [6.45, 7) is 0. The number of hydrogen-bond donors (Lipinski definition) is 1. The molecule has 3 heteroatoms. The number of rotatable bonds is 1. The standard InChI is InChI=1S/C11H14N2O/c1-13(12)11(14)10-6-5-8-3-2-4-9(8)7-10/h5-7H,2-4,12H2,1H3. The van der Waals surface area contributed by atoms with Crippen LogP contribution in [0.25, 0.3) is 0 Å². The van der Waals surface area contributed by atoms with Crippen molar-refractivity contribution in [3.63, 3.8) is 0 Å². The molecule has 1 aromatic carbocycles. The molecule has 0 unspecified atom stereocenters. The van der Waals surface area contributed by atoms with Crippen LogP contribution in [-0.2, 0) is 12.8 Å². The second-order valence-corrected chi connectivity index (χ2v) is 3.75. The van der Waals surface area contributed by atoms with E-state index in [9.17, 15) is 4.79 Å². The Morgan fingerprint density at radius 3 is 2.79 bits per heavy atom. The average Bonchev–Trinajstić information content (AvgIpc) is 2.62. The molecule has 3 nitrogen and oxygen atoms in total. The Morgan fingerprint density at radius 1 is 1.36 bits per heavy atom. The van der Waals surface area contributed by atoms with Crippen molar-refractivity contribution in [2.75, 3.05) is 7.05 Å². The van der Waals surface area contributed by atoms with Gasteiger partial charge in [0, 0.05) is 12.6 Å². The van der Waals surface area contributed by atoms with E-state index in [2.05, 4.69) is 0 Å². The van der Waals surface area contributed by atoms with Crippen LogP contribution in [-0.4, -0.2) is 18.0 Å². The van der Waals surface area contributed by atoms with Gasteiger partial charge in [0.2, 0.25) is 0 Å². The molecule has 0 aliphatic heterocycles. The second-order valence-electron chi connectivity index (χ2n) is 3.75. The molecule has 74 valence electrons. The summed E-state index contributed by atoms with van der Waals surface area (Å²) in [7, 11) is 1.57. The lowest BCUT2D eigenvalue weighted by Gasteiger charge is -2.10. The average molecular weight is 190 g/mol. The van der Waals surface area contributed by atoms with Gasteiger partial charge in [-0.15, -0.1) is 0 Å². The number of carbonyl (C=O) groups is 1. The summed E-state index contributed by atoms with van der Waals surface area (Å²) in [5.41, 5.74) is 3.37. The van der Waals surface area contributed by atoms with Crippen molar-refractivity contribution in [2.24, 2.45) is 5.84 Å². The number of nitrogens with zero attached hydrogens (tertiary/aromatic N) is 1. The molecule has 0 bridgehead atoms. The van der Waals surface area contributed by atoms with Gasteiger partial charge in [0.1, 0.15) is 0 Å². The maximum Gasteiger partial charge on any atom is 0.267 e. The highest BCUT2D eigenvalue weighted by molar-refractivity contribution is 5.93. The molecular formula is C11H14N2O. The van der Waals surface area contributed by atoms with Crippen molar-refractivity contribution >= 4 is 5.91 Å². The maximum absolute atomic E-state index is 11.5. The van der Waals surface area contributed by atoms with Crippen LogP contribution in [0.2, 0.25) is 0 Å². The number of amides is 1. The lowest BCUT2D eigenvalue weighted by Crippen LogP contribution is -2.33. The van der Waals surface area contributed by atoms with Crippen molar-refractivity contribution in [1.82, 2.24) is 5.01 Å². The first kappa shape index (κ1) is 9.21. The van der Waals surface area contributed by atoms with Crippen LogP contribution in [0.5, 0.6) is 0 Å². The molecule has 0 fully saturated rings. The second kappa shape index (κ2) is 3.42. The van der Waals surface area contributed by atoms with E-state index >= 15 is 0 Å². The monoisotopic (exact) mass is 190 g/mol. The SMILES string of the molecule is CN(N)C(=O)c1ccc2c(c1)CCC2. The number of aryl methyl sites for hydroxylation is 2. The molecular weight excluding hydrogens is 176 g/mol. The molecule has 14 heavy (non-hydrogen) atoms. The van der Waals surface area contributed by atoms with Crippen LogP contribution in [0.15, 0.2) is 18.2 Å². The lowest BCUT2D eigenvalue weighted by atomic mass is 10.1. The van der Waals surface area contributed by atoms with E-state index in [1.165, 1.54) is 17.5 Å². The number of carbonyl (C=O) groups excluding carboxylic acids is 1. The van der Waals surface area contributed by atoms with Crippen LogP contribution in [0.1, 0.15) is 27.9 Å². The molecule has 2 rings (SSSR count).